The monoisotopic (exact) mass is 201 g/mol. The zero-order chi connectivity index (χ0) is 10.7. The van der Waals surface area contributed by atoms with Crippen LogP contribution in [0.4, 0.5) is 0 Å². The van der Waals surface area contributed by atoms with Crippen LogP contribution >= 0.6 is 0 Å². The Morgan fingerprint density at radius 1 is 1.27 bits per heavy atom. The second-order valence-corrected chi connectivity index (χ2v) is 4.48. The maximum atomic E-state index is 4.68. The summed E-state index contributed by atoms with van der Waals surface area (Å²) in [5.41, 5.74) is 1.75. The summed E-state index contributed by atoms with van der Waals surface area (Å²) in [6, 6.07) is 10.9. The van der Waals surface area contributed by atoms with Gasteiger partial charge in [-0.3, -0.25) is 4.99 Å². The molecule has 0 radical (unpaired) electrons. The number of aliphatic imine (C=N–C) groups is 1. The van der Waals surface area contributed by atoms with Gasteiger partial charge in [-0.25, -0.2) is 0 Å². The summed E-state index contributed by atoms with van der Waals surface area (Å²) in [6.45, 7) is 4.56. The third kappa shape index (κ3) is 2.11. The summed E-state index contributed by atoms with van der Waals surface area (Å²) in [5, 5.41) is 0. The molecule has 1 aromatic rings. The van der Waals surface area contributed by atoms with Crippen LogP contribution in [-0.2, 0) is 0 Å². The van der Waals surface area contributed by atoms with E-state index in [2.05, 4.69) is 43.1 Å². The summed E-state index contributed by atoms with van der Waals surface area (Å²) < 4.78 is 0. The average Bonchev–Trinajstić information content (AvgIpc) is 3.02. The Hall–Kier alpha value is -1.11. The van der Waals surface area contributed by atoms with E-state index in [1.165, 1.54) is 24.8 Å². The first-order chi connectivity index (χ1) is 7.30. The highest BCUT2D eigenvalue weighted by atomic mass is 14.9. The summed E-state index contributed by atoms with van der Waals surface area (Å²) >= 11 is 0. The van der Waals surface area contributed by atoms with Gasteiger partial charge in [0.25, 0.3) is 0 Å². The van der Waals surface area contributed by atoms with E-state index in [0.29, 0.717) is 11.5 Å². The van der Waals surface area contributed by atoms with E-state index < -0.39 is 0 Å². The lowest BCUT2D eigenvalue weighted by atomic mass is 10.00. The molecule has 1 saturated carbocycles. The molecule has 80 valence electrons. The van der Waals surface area contributed by atoms with Gasteiger partial charge in [0.1, 0.15) is 0 Å². The standard InChI is InChI=1S/C14H19N/c1-3-14(4-2)10-13(14)15-11-12-8-6-5-7-9-12/h5-9,11,13H,3-4,10H2,1-2H3. The SMILES string of the molecule is CCC1(CC)CC1N=Cc1ccccc1. The number of rotatable bonds is 4. The molecule has 0 aliphatic heterocycles. The summed E-state index contributed by atoms with van der Waals surface area (Å²) in [6.07, 6.45) is 5.83. The molecule has 1 aliphatic carbocycles. The molecule has 1 aromatic carbocycles. The smallest absolute Gasteiger partial charge is 0.0562 e. The van der Waals surface area contributed by atoms with Gasteiger partial charge in [-0.05, 0) is 30.2 Å². The van der Waals surface area contributed by atoms with Gasteiger partial charge in [0.05, 0.1) is 6.04 Å². The van der Waals surface area contributed by atoms with Crippen molar-refractivity contribution < 1.29 is 0 Å². The highest BCUT2D eigenvalue weighted by Gasteiger charge is 2.50. The molecule has 15 heavy (non-hydrogen) atoms. The third-order valence-corrected chi connectivity index (χ3v) is 3.76. The summed E-state index contributed by atoms with van der Waals surface area (Å²) in [4.78, 5) is 4.68. The van der Waals surface area contributed by atoms with Gasteiger partial charge in [0.2, 0.25) is 0 Å². The van der Waals surface area contributed by atoms with Crippen molar-refractivity contribution in [3.05, 3.63) is 35.9 Å². The molecule has 0 N–H and O–H groups in total. The van der Waals surface area contributed by atoms with Gasteiger partial charge < -0.3 is 0 Å². The van der Waals surface area contributed by atoms with Crippen LogP contribution in [0.3, 0.4) is 0 Å². The fourth-order valence-corrected chi connectivity index (χ4v) is 2.26. The van der Waals surface area contributed by atoms with Crippen molar-refractivity contribution in [2.24, 2.45) is 10.4 Å². The molecule has 1 heteroatoms. The summed E-state index contributed by atoms with van der Waals surface area (Å²) in [7, 11) is 0. The molecule has 1 aliphatic rings. The van der Waals surface area contributed by atoms with Crippen LogP contribution in [0.5, 0.6) is 0 Å². The molecule has 0 spiro atoms. The molecule has 0 bridgehead atoms. The lowest BCUT2D eigenvalue weighted by Gasteiger charge is -2.08. The van der Waals surface area contributed by atoms with Gasteiger partial charge in [-0.1, -0.05) is 44.2 Å². The fraction of sp³-hybridized carbons (Fsp3) is 0.500. The van der Waals surface area contributed by atoms with Crippen LogP contribution in [0.1, 0.15) is 38.7 Å². The Labute approximate surface area is 92.2 Å². The first-order valence-corrected chi connectivity index (χ1v) is 5.89. The summed E-state index contributed by atoms with van der Waals surface area (Å²) in [5.74, 6) is 0. The van der Waals surface area contributed by atoms with Crippen molar-refractivity contribution in [3.63, 3.8) is 0 Å². The molecular formula is C14H19N. The molecule has 0 aromatic heterocycles. The molecule has 0 heterocycles. The van der Waals surface area contributed by atoms with Crippen molar-refractivity contribution in [1.82, 2.24) is 0 Å². The zero-order valence-electron chi connectivity index (χ0n) is 9.61. The minimum atomic E-state index is 0.533. The van der Waals surface area contributed by atoms with Gasteiger partial charge >= 0.3 is 0 Å². The van der Waals surface area contributed by atoms with Gasteiger partial charge in [-0.2, -0.15) is 0 Å². The molecule has 1 nitrogen and oxygen atoms in total. The van der Waals surface area contributed by atoms with Crippen molar-refractivity contribution in [1.29, 1.82) is 0 Å². The maximum absolute atomic E-state index is 4.68. The van der Waals surface area contributed by atoms with Crippen molar-refractivity contribution in [3.8, 4) is 0 Å². The first kappa shape index (κ1) is 10.4. The van der Waals surface area contributed by atoms with Crippen LogP contribution in [0.2, 0.25) is 0 Å². The maximum Gasteiger partial charge on any atom is 0.0562 e. The van der Waals surface area contributed by atoms with E-state index in [0.717, 1.165) is 0 Å². The van der Waals surface area contributed by atoms with E-state index in [4.69, 9.17) is 0 Å². The zero-order valence-corrected chi connectivity index (χ0v) is 9.61. The number of benzene rings is 1. The highest BCUT2D eigenvalue weighted by molar-refractivity contribution is 5.79. The molecule has 1 fully saturated rings. The van der Waals surface area contributed by atoms with Crippen LogP contribution < -0.4 is 0 Å². The van der Waals surface area contributed by atoms with Crippen molar-refractivity contribution in [2.75, 3.05) is 0 Å². The molecule has 0 saturated heterocycles. The van der Waals surface area contributed by atoms with E-state index in [1.807, 2.05) is 12.3 Å². The normalized spacial score (nSPS) is 23.2. The quantitative estimate of drug-likeness (QED) is 0.659. The average molecular weight is 201 g/mol. The molecular weight excluding hydrogens is 182 g/mol. The third-order valence-electron chi connectivity index (χ3n) is 3.76. The van der Waals surface area contributed by atoms with Crippen molar-refractivity contribution in [2.45, 2.75) is 39.2 Å². The lowest BCUT2D eigenvalue weighted by molar-refractivity contribution is 0.455. The van der Waals surface area contributed by atoms with E-state index >= 15 is 0 Å². The predicted octanol–water partition coefficient (Wildman–Crippen LogP) is 3.68. The van der Waals surface area contributed by atoms with Crippen LogP contribution in [0.15, 0.2) is 35.3 Å². The minimum absolute atomic E-state index is 0.533. The molecule has 1 atom stereocenters. The Balaban J connectivity index is 1.98. The van der Waals surface area contributed by atoms with Crippen molar-refractivity contribution >= 4 is 6.21 Å². The van der Waals surface area contributed by atoms with Gasteiger partial charge in [-0.15, -0.1) is 0 Å². The lowest BCUT2D eigenvalue weighted by Crippen LogP contribution is -2.02. The molecule has 2 rings (SSSR count). The second-order valence-electron chi connectivity index (χ2n) is 4.48. The molecule has 1 unspecified atom stereocenters. The number of hydrogen-bond donors (Lipinski definition) is 0. The van der Waals surface area contributed by atoms with E-state index in [-0.39, 0.29) is 0 Å². The Bertz CT molecular complexity index is 336. The van der Waals surface area contributed by atoms with Gasteiger partial charge in [0.15, 0.2) is 0 Å². The van der Waals surface area contributed by atoms with E-state index in [1.54, 1.807) is 0 Å². The largest absolute Gasteiger partial charge is 0.289 e. The molecule has 0 amide bonds. The predicted molar refractivity (Wildman–Crippen MR) is 65.5 cm³/mol. The topological polar surface area (TPSA) is 12.4 Å². The highest BCUT2D eigenvalue weighted by Crippen LogP contribution is 2.53. The fourth-order valence-electron chi connectivity index (χ4n) is 2.26. The number of hydrogen-bond acceptors (Lipinski definition) is 1. The Kier molecular flexibility index (Phi) is 2.90. The first-order valence-electron chi connectivity index (χ1n) is 5.89. The van der Waals surface area contributed by atoms with Crippen LogP contribution in [-0.4, -0.2) is 12.3 Å². The van der Waals surface area contributed by atoms with Crippen LogP contribution in [0, 0.1) is 5.41 Å². The second kappa shape index (κ2) is 4.18. The van der Waals surface area contributed by atoms with E-state index in [9.17, 15) is 0 Å². The van der Waals surface area contributed by atoms with Crippen LogP contribution in [0.25, 0.3) is 0 Å². The minimum Gasteiger partial charge on any atom is -0.289 e. The Morgan fingerprint density at radius 2 is 1.93 bits per heavy atom. The number of nitrogens with zero attached hydrogens (tertiary/aromatic N) is 1. The van der Waals surface area contributed by atoms with Gasteiger partial charge in [0, 0.05) is 6.21 Å². The Morgan fingerprint density at radius 3 is 2.47 bits per heavy atom.